The highest BCUT2D eigenvalue weighted by molar-refractivity contribution is 6.46. The van der Waals surface area contributed by atoms with Crippen LogP contribution in [0.2, 0.25) is 0 Å². The highest BCUT2D eigenvalue weighted by Crippen LogP contribution is 2.34. The lowest BCUT2D eigenvalue weighted by Crippen LogP contribution is -2.26. The van der Waals surface area contributed by atoms with Crippen molar-refractivity contribution >= 4 is 34.9 Å². The van der Waals surface area contributed by atoms with Crippen molar-refractivity contribution in [2.24, 2.45) is 15.9 Å². The third kappa shape index (κ3) is 3.33. The van der Waals surface area contributed by atoms with Crippen LogP contribution in [-0.2, 0) is 4.79 Å². The third-order valence-corrected chi connectivity index (χ3v) is 4.98. The number of hydrogen-bond acceptors (Lipinski definition) is 6. The molecule has 0 spiro atoms. The maximum absolute atomic E-state index is 12.5. The zero-order chi connectivity index (χ0) is 18.8. The number of fused-ring (bicyclic) bond motifs is 1. The Balaban J connectivity index is 1.67. The van der Waals surface area contributed by atoms with Gasteiger partial charge in [-0.2, -0.15) is 10.2 Å². The second-order valence-electron chi connectivity index (χ2n) is 6.68. The molecule has 27 heavy (non-hydrogen) atoms. The topological polar surface area (TPSA) is 129 Å². The number of nitrogens with zero attached hydrogens (tertiary/aromatic N) is 6. The zero-order valence-electron chi connectivity index (χ0n) is 14.5. The van der Waals surface area contributed by atoms with E-state index in [-0.39, 0.29) is 23.4 Å². The van der Waals surface area contributed by atoms with Gasteiger partial charge < -0.3 is 4.98 Å². The van der Waals surface area contributed by atoms with Crippen molar-refractivity contribution in [1.29, 1.82) is 5.26 Å². The number of amides is 1. The summed E-state index contributed by atoms with van der Waals surface area (Å²) in [4.78, 5) is 43.3. The van der Waals surface area contributed by atoms with Gasteiger partial charge in [-0.1, -0.05) is 0 Å². The molecule has 0 bridgehead atoms. The van der Waals surface area contributed by atoms with E-state index < -0.39 is 5.91 Å². The fourth-order valence-corrected chi connectivity index (χ4v) is 3.61. The Morgan fingerprint density at radius 1 is 1.30 bits per heavy atom. The molecule has 9 heteroatoms. The molecule has 0 aromatic carbocycles. The first kappa shape index (κ1) is 17.0. The summed E-state index contributed by atoms with van der Waals surface area (Å²) >= 11 is 0. The van der Waals surface area contributed by atoms with Crippen molar-refractivity contribution in [3.63, 3.8) is 0 Å². The molecular formula is C18H17N7O2. The molecule has 1 aliphatic heterocycles. The van der Waals surface area contributed by atoms with Gasteiger partial charge in [-0.05, 0) is 43.8 Å². The molecule has 2 aromatic heterocycles. The third-order valence-electron chi connectivity index (χ3n) is 4.98. The minimum atomic E-state index is -0.455. The van der Waals surface area contributed by atoms with Crippen LogP contribution in [0.15, 0.2) is 33.1 Å². The maximum atomic E-state index is 12.5. The molecule has 1 saturated carbocycles. The summed E-state index contributed by atoms with van der Waals surface area (Å²) < 4.78 is 1.65. The van der Waals surface area contributed by atoms with E-state index in [1.54, 1.807) is 16.7 Å². The molecular weight excluding hydrogens is 346 g/mol. The molecule has 1 fully saturated rings. The number of nitrogens with one attached hydrogen (secondary N) is 1. The van der Waals surface area contributed by atoms with E-state index in [2.05, 4.69) is 31.0 Å². The van der Waals surface area contributed by atoms with Gasteiger partial charge in [0, 0.05) is 18.7 Å². The molecule has 4 rings (SSSR count). The van der Waals surface area contributed by atoms with Crippen LogP contribution in [0.1, 0.15) is 38.1 Å². The first-order chi connectivity index (χ1) is 13.2. The van der Waals surface area contributed by atoms with Crippen LogP contribution < -0.4 is 5.69 Å². The summed E-state index contributed by atoms with van der Waals surface area (Å²) in [7, 11) is 0. The van der Waals surface area contributed by atoms with Crippen molar-refractivity contribution in [3.8, 4) is 6.07 Å². The van der Waals surface area contributed by atoms with E-state index in [1.807, 2.05) is 0 Å². The molecule has 0 atom stereocenters. The van der Waals surface area contributed by atoms with Crippen LogP contribution in [0.3, 0.4) is 0 Å². The largest absolute Gasteiger partial charge is 0.327 e. The van der Waals surface area contributed by atoms with Crippen LogP contribution in [0.5, 0.6) is 0 Å². The number of aliphatic imine (C=N–C) groups is 2. The fraction of sp³-hybridized carbons (Fsp3) is 0.389. The average Bonchev–Trinajstić information content (AvgIpc) is 3.00. The zero-order valence-corrected chi connectivity index (χ0v) is 14.5. The van der Waals surface area contributed by atoms with Crippen LogP contribution in [0.4, 0.5) is 5.95 Å². The van der Waals surface area contributed by atoms with Gasteiger partial charge in [0.25, 0.3) is 11.9 Å². The lowest BCUT2D eigenvalue weighted by Gasteiger charge is -2.27. The van der Waals surface area contributed by atoms with E-state index in [0.717, 1.165) is 25.7 Å². The quantitative estimate of drug-likeness (QED) is 0.891. The van der Waals surface area contributed by atoms with Crippen LogP contribution >= 0.6 is 0 Å². The van der Waals surface area contributed by atoms with Gasteiger partial charge in [0.1, 0.15) is 11.2 Å². The number of hydrogen-bond donors (Lipinski definition) is 1. The van der Waals surface area contributed by atoms with Gasteiger partial charge in [0.15, 0.2) is 5.65 Å². The standard InChI is InChI=1S/C18H17N7O2/c19-8-7-11-3-5-12(6-4-11)25-15-14(23-18(25)27)10-21-17(24-15)22-13-2-1-9-20-16(13)26/h1-2,9-12H,3-7H2,(H,23,27)/b22-13+. The number of rotatable bonds is 3. The summed E-state index contributed by atoms with van der Waals surface area (Å²) in [6.45, 7) is 0. The number of aromatic amines is 1. The first-order valence-corrected chi connectivity index (χ1v) is 8.83. The van der Waals surface area contributed by atoms with Gasteiger partial charge in [-0.3, -0.25) is 9.36 Å². The maximum Gasteiger partial charge on any atom is 0.327 e. The van der Waals surface area contributed by atoms with E-state index in [4.69, 9.17) is 5.26 Å². The van der Waals surface area contributed by atoms with E-state index in [9.17, 15) is 9.59 Å². The Labute approximate surface area is 154 Å². The molecule has 136 valence electrons. The van der Waals surface area contributed by atoms with Crippen LogP contribution in [0.25, 0.3) is 11.2 Å². The van der Waals surface area contributed by atoms with Crippen molar-refractivity contribution in [1.82, 2.24) is 19.5 Å². The highest BCUT2D eigenvalue weighted by Gasteiger charge is 2.25. The van der Waals surface area contributed by atoms with Gasteiger partial charge in [-0.25, -0.2) is 19.8 Å². The van der Waals surface area contributed by atoms with Crippen LogP contribution in [-0.4, -0.2) is 37.4 Å². The van der Waals surface area contributed by atoms with E-state index >= 15 is 0 Å². The number of H-pyrrole nitrogens is 1. The predicted octanol–water partition coefficient (Wildman–Crippen LogP) is 2.00. The number of carbonyl (C=O) groups excluding carboxylic acids is 1. The monoisotopic (exact) mass is 363 g/mol. The average molecular weight is 363 g/mol. The van der Waals surface area contributed by atoms with Crippen molar-refractivity contribution in [3.05, 3.63) is 28.8 Å². The minimum absolute atomic E-state index is 0.0254. The smallest absolute Gasteiger partial charge is 0.303 e. The Morgan fingerprint density at radius 3 is 2.85 bits per heavy atom. The number of imidazole rings is 1. The SMILES string of the molecule is N#CCC1CCC(n2c(=O)[nH]c3cnc(/N=C4\C=CC=NC4=O)nc32)CC1. The normalized spacial score (nSPS) is 23.8. The molecule has 0 saturated heterocycles. The summed E-state index contributed by atoms with van der Waals surface area (Å²) in [6.07, 6.45) is 10.1. The highest BCUT2D eigenvalue weighted by atomic mass is 16.2. The molecule has 2 aromatic rings. The molecule has 1 aliphatic carbocycles. The summed E-state index contributed by atoms with van der Waals surface area (Å²) in [5, 5.41) is 8.86. The molecule has 9 nitrogen and oxygen atoms in total. The summed E-state index contributed by atoms with van der Waals surface area (Å²) in [5.41, 5.74) is 0.935. The Bertz CT molecular complexity index is 1080. The van der Waals surface area contributed by atoms with Crippen LogP contribution in [0, 0.1) is 17.2 Å². The van der Waals surface area contributed by atoms with E-state index in [0.29, 0.717) is 23.5 Å². The Morgan fingerprint density at radius 2 is 2.11 bits per heavy atom. The van der Waals surface area contributed by atoms with Crippen molar-refractivity contribution < 1.29 is 4.79 Å². The number of allylic oxidation sites excluding steroid dienone is 1. The predicted molar refractivity (Wildman–Crippen MR) is 99.1 cm³/mol. The van der Waals surface area contributed by atoms with Gasteiger partial charge >= 0.3 is 5.69 Å². The molecule has 0 radical (unpaired) electrons. The van der Waals surface area contributed by atoms with Gasteiger partial charge in [0.05, 0.1) is 12.3 Å². The van der Waals surface area contributed by atoms with Crippen molar-refractivity contribution in [2.45, 2.75) is 38.1 Å². The lowest BCUT2D eigenvalue weighted by molar-refractivity contribution is -0.111. The van der Waals surface area contributed by atoms with Gasteiger partial charge in [0.2, 0.25) is 0 Å². The fourth-order valence-electron chi connectivity index (χ4n) is 3.61. The second kappa shape index (κ2) is 7.07. The Kier molecular flexibility index (Phi) is 4.46. The first-order valence-electron chi connectivity index (χ1n) is 8.83. The number of aromatic nitrogens is 4. The Hall–Kier alpha value is -3.41. The number of dihydropyridines is 1. The second-order valence-corrected chi connectivity index (χ2v) is 6.68. The van der Waals surface area contributed by atoms with Gasteiger partial charge in [-0.15, -0.1) is 0 Å². The summed E-state index contributed by atoms with van der Waals surface area (Å²) in [6, 6.07) is 2.25. The molecule has 2 aliphatic rings. The minimum Gasteiger partial charge on any atom is -0.303 e. The molecule has 1 amide bonds. The van der Waals surface area contributed by atoms with E-state index in [1.165, 1.54) is 12.4 Å². The van der Waals surface area contributed by atoms with Crippen molar-refractivity contribution in [2.75, 3.05) is 0 Å². The molecule has 0 unspecified atom stereocenters. The molecule has 3 heterocycles. The lowest BCUT2D eigenvalue weighted by atomic mass is 9.84. The number of nitriles is 1. The number of carbonyl (C=O) groups is 1. The summed E-state index contributed by atoms with van der Waals surface area (Å²) in [5.74, 6) is 0.0513. The molecule has 1 N–H and O–H groups in total.